The third-order valence-corrected chi connectivity index (χ3v) is 6.04. The Bertz CT molecular complexity index is 1270. The minimum absolute atomic E-state index is 0.0365. The fourth-order valence-corrected chi connectivity index (χ4v) is 4.02. The van der Waals surface area contributed by atoms with Gasteiger partial charge >= 0.3 is 6.18 Å². The summed E-state index contributed by atoms with van der Waals surface area (Å²) in [5.41, 5.74) is 2.54. The van der Waals surface area contributed by atoms with Crippen LogP contribution in [0.5, 0.6) is 0 Å². The van der Waals surface area contributed by atoms with Gasteiger partial charge < -0.3 is 15.2 Å². The molecule has 0 unspecified atom stereocenters. The highest BCUT2D eigenvalue weighted by Crippen LogP contribution is 2.31. The molecule has 11 heteroatoms. The van der Waals surface area contributed by atoms with Gasteiger partial charge in [0, 0.05) is 36.9 Å². The lowest BCUT2D eigenvalue weighted by Crippen LogP contribution is -2.36. The van der Waals surface area contributed by atoms with Gasteiger partial charge in [-0.15, -0.1) is 0 Å². The van der Waals surface area contributed by atoms with Crippen molar-refractivity contribution in [1.82, 2.24) is 14.9 Å². The monoisotopic (exact) mass is 464 g/mol. The number of aromatic amines is 1. The third-order valence-electron chi connectivity index (χ3n) is 5.13. The van der Waals surface area contributed by atoms with Crippen molar-refractivity contribution in [3.05, 3.63) is 71.0 Å². The van der Waals surface area contributed by atoms with Crippen molar-refractivity contribution >= 4 is 27.1 Å². The minimum atomic E-state index is -4.38. The lowest BCUT2D eigenvalue weighted by molar-refractivity contribution is -0.137. The Balaban J connectivity index is 1.45. The lowest BCUT2D eigenvalue weighted by atomic mass is 9.98. The van der Waals surface area contributed by atoms with E-state index in [1.54, 1.807) is 11.0 Å². The molecule has 0 saturated heterocycles. The van der Waals surface area contributed by atoms with E-state index in [0.29, 0.717) is 25.2 Å². The van der Waals surface area contributed by atoms with E-state index in [1.807, 2.05) is 12.1 Å². The van der Waals surface area contributed by atoms with Crippen LogP contribution in [0, 0.1) is 0 Å². The molecular weight excluding hydrogens is 445 g/mol. The number of halogens is 3. The first kappa shape index (κ1) is 21.9. The first-order valence-corrected chi connectivity index (χ1v) is 11.5. The van der Waals surface area contributed by atoms with Crippen LogP contribution >= 0.6 is 0 Å². The van der Waals surface area contributed by atoms with Crippen molar-refractivity contribution in [1.29, 1.82) is 0 Å². The second kappa shape index (κ2) is 7.97. The molecule has 3 aromatic rings. The van der Waals surface area contributed by atoms with Crippen LogP contribution in [0.25, 0.3) is 0 Å². The van der Waals surface area contributed by atoms with E-state index < -0.39 is 21.6 Å². The molecule has 7 nitrogen and oxygen atoms in total. The van der Waals surface area contributed by atoms with E-state index in [2.05, 4.69) is 15.3 Å². The summed E-state index contributed by atoms with van der Waals surface area (Å²) < 4.78 is 61.2. The second-order valence-electron chi connectivity index (χ2n) is 7.52. The molecule has 2 aromatic carbocycles. The van der Waals surface area contributed by atoms with Crippen LogP contribution in [-0.2, 0) is 29.0 Å². The zero-order chi connectivity index (χ0) is 23.1. The van der Waals surface area contributed by atoms with Crippen LogP contribution in [0.2, 0.25) is 0 Å². The largest absolute Gasteiger partial charge is 0.416 e. The molecule has 4 rings (SSSR count). The number of amides is 1. The van der Waals surface area contributed by atoms with Crippen LogP contribution in [0.4, 0.5) is 24.5 Å². The summed E-state index contributed by atoms with van der Waals surface area (Å²) in [5, 5.41) is 2.84. The van der Waals surface area contributed by atoms with Crippen molar-refractivity contribution in [2.24, 2.45) is 0 Å². The molecule has 1 aromatic heterocycles. The number of fused-ring (bicyclic) bond motifs is 1. The smallest absolute Gasteiger partial charge is 0.356 e. The molecule has 2 N–H and O–H groups in total. The molecule has 0 bridgehead atoms. The van der Waals surface area contributed by atoms with Crippen molar-refractivity contribution in [3.63, 3.8) is 0 Å². The number of sulfone groups is 1. The van der Waals surface area contributed by atoms with Gasteiger partial charge in [-0.3, -0.25) is 4.79 Å². The molecule has 1 amide bonds. The van der Waals surface area contributed by atoms with Gasteiger partial charge in [-0.05, 0) is 53.9 Å². The van der Waals surface area contributed by atoms with Crippen molar-refractivity contribution in [2.75, 3.05) is 18.1 Å². The van der Waals surface area contributed by atoms with Crippen LogP contribution in [0.3, 0.4) is 0 Å². The quantitative estimate of drug-likeness (QED) is 0.613. The summed E-state index contributed by atoms with van der Waals surface area (Å²) in [6, 6.07) is 10.3. The average molecular weight is 464 g/mol. The van der Waals surface area contributed by atoms with E-state index in [-0.39, 0.29) is 16.8 Å². The van der Waals surface area contributed by atoms with E-state index in [4.69, 9.17) is 0 Å². The predicted octanol–water partition coefficient (Wildman–Crippen LogP) is 3.77. The highest BCUT2D eigenvalue weighted by Gasteiger charge is 2.30. The van der Waals surface area contributed by atoms with Gasteiger partial charge in [0.05, 0.1) is 5.56 Å². The topological polar surface area (TPSA) is 95.2 Å². The summed E-state index contributed by atoms with van der Waals surface area (Å²) in [5.74, 6) is -0.367. The van der Waals surface area contributed by atoms with E-state index in [9.17, 15) is 26.4 Å². The number of nitrogens with one attached hydrogen (secondary N) is 2. The Morgan fingerprint density at radius 2 is 1.78 bits per heavy atom. The van der Waals surface area contributed by atoms with E-state index in [1.165, 1.54) is 18.3 Å². The number of H-pyrrole nitrogens is 1. The second-order valence-corrected chi connectivity index (χ2v) is 9.45. The van der Waals surface area contributed by atoms with Crippen molar-refractivity contribution in [3.8, 4) is 0 Å². The molecule has 0 aliphatic carbocycles. The van der Waals surface area contributed by atoms with Gasteiger partial charge in [0.1, 0.15) is 5.69 Å². The SMILES string of the molecule is CS(=O)(=O)c1nc(C(=O)N2CCc3cc(Nc4ccc(C(F)(F)F)cc4)ccc3C2)c[nH]1. The van der Waals surface area contributed by atoms with Crippen LogP contribution in [-0.4, -0.2) is 42.0 Å². The maximum atomic E-state index is 12.7. The Morgan fingerprint density at radius 3 is 2.41 bits per heavy atom. The molecule has 0 spiro atoms. The van der Waals surface area contributed by atoms with Gasteiger partial charge in [0.25, 0.3) is 5.91 Å². The first-order valence-electron chi connectivity index (χ1n) is 9.61. The predicted molar refractivity (Wildman–Crippen MR) is 111 cm³/mol. The molecule has 168 valence electrons. The zero-order valence-electron chi connectivity index (χ0n) is 16.9. The number of anilines is 2. The fraction of sp³-hybridized carbons (Fsp3) is 0.238. The molecule has 0 saturated carbocycles. The molecular formula is C21H19F3N4O3S. The van der Waals surface area contributed by atoms with Gasteiger partial charge in [-0.2, -0.15) is 13.2 Å². The number of hydrogen-bond donors (Lipinski definition) is 2. The standard InChI is InChI=1S/C21H19F3N4O3S/c1-32(30,31)20-25-11-18(27-20)19(29)28-9-8-13-10-17(5-2-14(13)12-28)26-16-6-3-15(4-7-16)21(22,23)24/h2-7,10-11,26H,8-9,12H2,1H3,(H,25,27). The van der Waals surface area contributed by atoms with Crippen LogP contribution in [0.1, 0.15) is 27.2 Å². The van der Waals surface area contributed by atoms with Gasteiger partial charge in [0.15, 0.2) is 0 Å². The van der Waals surface area contributed by atoms with Gasteiger partial charge in [-0.1, -0.05) is 6.07 Å². The number of benzene rings is 2. The number of nitrogens with zero attached hydrogens (tertiary/aromatic N) is 2. The number of carbonyl (C=O) groups excluding carboxylic acids is 1. The number of rotatable bonds is 4. The summed E-state index contributed by atoms with van der Waals surface area (Å²) >= 11 is 0. The Kier molecular flexibility index (Phi) is 5.45. The highest BCUT2D eigenvalue weighted by atomic mass is 32.2. The average Bonchev–Trinajstić information content (AvgIpc) is 3.23. The Labute approximate surface area is 182 Å². The van der Waals surface area contributed by atoms with Gasteiger partial charge in [-0.25, -0.2) is 13.4 Å². The molecule has 0 fully saturated rings. The number of alkyl halides is 3. The summed E-state index contributed by atoms with van der Waals surface area (Å²) in [6.07, 6.45) is -1.51. The number of hydrogen-bond acceptors (Lipinski definition) is 5. The zero-order valence-corrected chi connectivity index (χ0v) is 17.7. The van der Waals surface area contributed by atoms with Crippen LogP contribution < -0.4 is 5.32 Å². The third kappa shape index (κ3) is 4.62. The maximum absolute atomic E-state index is 12.7. The number of carbonyl (C=O) groups is 1. The maximum Gasteiger partial charge on any atom is 0.416 e. The molecule has 32 heavy (non-hydrogen) atoms. The number of imidazole rings is 1. The van der Waals surface area contributed by atoms with Crippen molar-refractivity contribution in [2.45, 2.75) is 24.3 Å². The molecule has 1 aliphatic rings. The van der Waals surface area contributed by atoms with E-state index in [0.717, 1.165) is 35.2 Å². The van der Waals surface area contributed by atoms with Crippen LogP contribution in [0.15, 0.2) is 53.8 Å². The first-order chi connectivity index (χ1) is 15.0. The van der Waals surface area contributed by atoms with E-state index >= 15 is 0 Å². The van der Waals surface area contributed by atoms with Gasteiger partial charge in [0.2, 0.25) is 15.0 Å². The number of aromatic nitrogens is 2. The highest BCUT2D eigenvalue weighted by molar-refractivity contribution is 7.90. The normalized spacial score (nSPS) is 14.2. The Morgan fingerprint density at radius 1 is 1.09 bits per heavy atom. The molecule has 0 radical (unpaired) electrons. The molecule has 2 heterocycles. The summed E-state index contributed by atoms with van der Waals surface area (Å²) in [7, 11) is -3.54. The fourth-order valence-electron chi connectivity index (χ4n) is 3.48. The summed E-state index contributed by atoms with van der Waals surface area (Å²) in [6.45, 7) is 0.770. The lowest BCUT2D eigenvalue weighted by Gasteiger charge is -2.28. The minimum Gasteiger partial charge on any atom is -0.356 e. The van der Waals surface area contributed by atoms with Crippen molar-refractivity contribution < 1.29 is 26.4 Å². The molecule has 0 atom stereocenters. The Hall–Kier alpha value is -3.34. The molecule has 1 aliphatic heterocycles. The summed E-state index contributed by atoms with van der Waals surface area (Å²) in [4.78, 5) is 20.7.